The average molecular weight is 250 g/mol. The zero-order chi connectivity index (χ0) is 14.3. The van der Waals surface area contributed by atoms with Gasteiger partial charge in [0.2, 0.25) is 0 Å². The highest BCUT2D eigenvalue weighted by atomic mass is 16.5. The molecule has 0 atom stereocenters. The third-order valence-corrected chi connectivity index (χ3v) is 3.24. The summed E-state index contributed by atoms with van der Waals surface area (Å²) in [5.74, 6) is 1.08. The topological polar surface area (TPSA) is 29.5 Å². The molecule has 1 aromatic carbocycles. The zero-order valence-electron chi connectivity index (χ0n) is 12.9. The van der Waals surface area contributed by atoms with Gasteiger partial charge >= 0.3 is 0 Å². The maximum atomic E-state index is 10.3. The molecule has 0 saturated carbocycles. The van der Waals surface area contributed by atoms with Crippen molar-refractivity contribution in [1.29, 1.82) is 0 Å². The Bertz CT molecular complexity index is 446. The van der Waals surface area contributed by atoms with Gasteiger partial charge in [-0.2, -0.15) is 0 Å². The van der Waals surface area contributed by atoms with Crippen molar-refractivity contribution in [2.24, 2.45) is 0 Å². The molecule has 0 aliphatic heterocycles. The van der Waals surface area contributed by atoms with E-state index in [4.69, 9.17) is 4.74 Å². The Kier molecular flexibility index (Phi) is 3.71. The number of rotatable bonds is 1. The molecular formula is C16H26O2. The summed E-state index contributed by atoms with van der Waals surface area (Å²) in [5.41, 5.74) is 3.20. The molecule has 0 unspecified atom stereocenters. The Labute approximate surface area is 111 Å². The Morgan fingerprint density at radius 3 is 1.72 bits per heavy atom. The minimum Gasteiger partial charge on any atom is -0.507 e. The van der Waals surface area contributed by atoms with Crippen LogP contribution in [0.2, 0.25) is 0 Å². The van der Waals surface area contributed by atoms with Gasteiger partial charge in [-0.3, -0.25) is 0 Å². The quantitative estimate of drug-likeness (QED) is 0.805. The molecule has 0 saturated heterocycles. The Morgan fingerprint density at radius 2 is 1.39 bits per heavy atom. The number of hydrogen-bond donors (Lipinski definition) is 1. The van der Waals surface area contributed by atoms with Crippen LogP contribution >= 0.6 is 0 Å². The molecule has 0 aliphatic carbocycles. The Hall–Kier alpha value is -1.18. The summed E-state index contributed by atoms with van der Waals surface area (Å²) in [6, 6.07) is 1.73. The van der Waals surface area contributed by atoms with E-state index in [9.17, 15) is 5.11 Å². The SMILES string of the molecule is COc1cc(O)c(C(C)(C)C)c(C(C)(C)C)c1C. The van der Waals surface area contributed by atoms with E-state index in [2.05, 4.69) is 48.5 Å². The molecule has 0 heterocycles. The van der Waals surface area contributed by atoms with Gasteiger partial charge in [-0.05, 0) is 28.9 Å². The first-order valence-electron chi connectivity index (χ1n) is 6.41. The molecule has 0 aliphatic rings. The molecule has 0 bridgehead atoms. The lowest BCUT2D eigenvalue weighted by molar-refractivity contribution is 0.392. The molecule has 0 amide bonds. The smallest absolute Gasteiger partial charge is 0.125 e. The van der Waals surface area contributed by atoms with Gasteiger partial charge in [0.1, 0.15) is 11.5 Å². The second kappa shape index (κ2) is 4.49. The zero-order valence-corrected chi connectivity index (χ0v) is 12.9. The van der Waals surface area contributed by atoms with Gasteiger partial charge in [0.15, 0.2) is 0 Å². The summed E-state index contributed by atoms with van der Waals surface area (Å²) < 4.78 is 5.37. The number of ether oxygens (including phenoxy) is 1. The van der Waals surface area contributed by atoms with Crippen molar-refractivity contribution < 1.29 is 9.84 Å². The van der Waals surface area contributed by atoms with Crippen LogP contribution < -0.4 is 4.74 Å². The van der Waals surface area contributed by atoms with Crippen LogP contribution in [0.25, 0.3) is 0 Å². The predicted octanol–water partition coefficient (Wildman–Crippen LogP) is 4.30. The predicted molar refractivity (Wildman–Crippen MR) is 76.8 cm³/mol. The maximum absolute atomic E-state index is 10.3. The molecule has 1 aromatic rings. The number of benzene rings is 1. The van der Waals surface area contributed by atoms with Crippen LogP contribution in [0.1, 0.15) is 58.2 Å². The highest BCUT2D eigenvalue weighted by Gasteiger charge is 2.31. The van der Waals surface area contributed by atoms with Crippen molar-refractivity contribution in [3.05, 3.63) is 22.8 Å². The minimum atomic E-state index is -0.0935. The lowest BCUT2D eigenvalue weighted by atomic mass is 9.72. The highest BCUT2D eigenvalue weighted by molar-refractivity contribution is 5.56. The number of hydrogen-bond acceptors (Lipinski definition) is 2. The molecule has 0 fully saturated rings. The molecule has 18 heavy (non-hydrogen) atoms. The molecule has 2 nitrogen and oxygen atoms in total. The maximum Gasteiger partial charge on any atom is 0.125 e. The number of phenolic OH excluding ortho intramolecular Hbond substituents is 1. The number of methoxy groups -OCH3 is 1. The fourth-order valence-corrected chi connectivity index (χ4v) is 2.65. The summed E-state index contributed by atoms with van der Waals surface area (Å²) in [6.45, 7) is 15.0. The molecule has 102 valence electrons. The van der Waals surface area contributed by atoms with Crippen molar-refractivity contribution in [3.8, 4) is 11.5 Å². The van der Waals surface area contributed by atoms with Crippen molar-refractivity contribution >= 4 is 0 Å². The lowest BCUT2D eigenvalue weighted by Crippen LogP contribution is -2.23. The van der Waals surface area contributed by atoms with E-state index in [1.807, 2.05) is 0 Å². The van der Waals surface area contributed by atoms with Gasteiger partial charge in [-0.1, -0.05) is 41.5 Å². The van der Waals surface area contributed by atoms with Crippen LogP contribution in [0.15, 0.2) is 6.07 Å². The van der Waals surface area contributed by atoms with Gasteiger partial charge in [0.25, 0.3) is 0 Å². The van der Waals surface area contributed by atoms with Crippen LogP contribution in [0.5, 0.6) is 11.5 Å². The monoisotopic (exact) mass is 250 g/mol. The first-order chi connectivity index (χ1) is 8.00. The highest BCUT2D eigenvalue weighted by Crippen LogP contribution is 2.44. The fourth-order valence-electron chi connectivity index (χ4n) is 2.65. The largest absolute Gasteiger partial charge is 0.507 e. The first-order valence-corrected chi connectivity index (χ1v) is 6.41. The van der Waals surface area contributed by atoms with Crippen molar-refractivity contribution in [2.75, 3.05) is 7.11 Å². The van der Waals surface area contributed by atoms with Gasteiger partial charge in [-0.25, -0.2) is 0 Å². The standard InChI is InChI=1S/C16H26O2/c1-10-12(18-8)9-11(17)14(16(5,6)7)13(10)15(2,3)4/h9,17H,1-8H3. The summed E-state index contributed by atoms with van der Waals surface area (Å²) in [5, 5.41) is 10.3. The minimum absolute atomic E-state index is 0.0291. The summed E-state index contributed by atoms with van der Waals surface area (Å²) in [4.78, 5) is 0. The van der Waals surface area contributed by atoms with E-state index >= 15 is 0 Å². The lowest BCUT2D eigenvalue weighted by Gasteiger charge is -2.33. The number of aromatic hydroxyl groups is 1. The molecule has 0 spiro atoms. The van der Waals surface area contributed by atoms with E-state index < -0.39 is 0 Å². The molecule has 0 aromatic heterocycles. The van der Waals surface area contributed by atoms with Crippen LogP contribution in [-0.4, -0.2) is 12.2 Å². The summed E-state index contributed by atoms with van der Waals surface area (Å²) >= 11 is 0. The van der Waals surface area contributed by atoms with E-state index in [0.29, 0.717) is 5.75 Å². The first kappa shape index (κ1) is 14.9. The van der Waals surface area contributed by atoms with Crippen molar-refractivity contribution in [2.45, 2.75) is 59.3 Å². The third kappa shape index (κ3) is 2.63. The van der Waals surface area contributed by atoms with E-state index in [1.165, 1.54) is 5.56 Å². The van der Waals surface area contributed by atoms with Gasteiger partial charge in [0, 0.05) is 11.6 Å². The van der Waals surface area contributed by atoms with Crippen LogP contribution in [-0.2, 0) is 10.8 Å². The van der Waals surface area contributed by atoms with Gasteiger partial charge in [0.05, 0.1) is 7.11 Å². The molecule has 2 heteroatoms. The van der Waals surface area contributed by atoms with Crippen LogP contribution in [0.3, 0.4) is 0 Å². The normalized spacial score (nSPS) is 12.7. The summed E-state index contributed by atoms with van der Waals surface area (Å²) in [7, 11) is 1.64. The second-order valence-electron chi connectivity index (χ2n) is 6.97. The molecule has 1 N–H and O–H groups in total. The van der Waals surface area contributed by atoms with E-state index in [1.54, 1.807) is 13.2 Å². The Balaban J connectivity index is 3.76. The molecule has 1 rings (SSSR count). The average Bonchev–Trinajstić information content (AvgIpc) is 2.16. The fraction of sp³-hybridized carbons (Fsp3) is 0.625. The van der Waals surface area contributed by atoms with E-state index in [0.717, 1.165) is 16.9 Å². The van der Waals surface area contributed by atoms with Crippen molar-refractivity contribution in [1.82, 2.24) is 0 Å². The molecule has 0 radical (unpaired) electrons. The summed E-state index contributed by atoms with van der Waals surface area (Å²) in [6.07, 6.45) is 0. The molecular weight excluding hydrogens is 224 g/mol. The van der Waals surface area contributed by atoms with E-state index in [-0.39, 0.29) is 10.8 Å². The van der Waals surface area contributed by atoms with Gasteiger partial charge < -0.3 is 9.84 Å². The second-order valence-corrected chi connectivity index (χ2v) is 6.97. The van der Waals surface area contributed by atoms with Crippen LogP contribution in [0, 0.1) is 6.92 Å². The Morgan fingerprint density at radius 1 is 0.944 bits per heavy atom. The third-order valence-electron chi connectivity index (χ3n) is 3.24. The van der Waals surface area contributed by atoms with Crippen molar-refractivity contribution in [3.63, 3.8) is 0 Å². The van der Waals surface area contributed by atoms with Gasteiger partial charge in [-0.15, -0.1) is 0 Å². The van der Waals surface area contributed by atoms with Crippen LogP contribution in [0.4, 0.5) is 0 Å². The number of phenols is 1.